The van der Waals surface area contributed by atoms with Crippen molar-refractivity contribution >= 4 is 32.7 Å². The van der Waals surface area contributed by atoms with Crippen LogP contribution in [0.4, 0.5) is 0 Å². The fourth-order valence-corrected chi connectivity index (χ4v) is 4.80. The number of thiophene rings is 1. The van der Waals surface area contributed by atoms with E-state index in [1.807, 2.05) is 10.8 Å². The first-order chi connectivity index (χ1) is 9.89. The molecule has 5 nitrogen and oxygen atoms in total. The Balaban J connectivity index is 2.08. The van der Waals surface area contributed by atoms with Crippen LogP contribution in [0.15, 0.2) is 26.5 Å². The molecule has 1 N–H and O–H groups in total. The van der Waals surface area contributed by atoms with Gasteiger partial charge in [-0.1, -0.05) is 13.8 Å². The Labute approximate surface area is 133 Å². The van der Waals surface area contributed by atoms with Crippen molar-refractivity contribution in [1.82, 2.24) is 14.6 Å². The van der Waals surface area contributed by atoms with Gasteiger partial charge in [-0.15, -0.1) is 22.7 Å². The summed E-state index contributed by atoms with van der Waals surface area (Å²) in [6.07, 6.45) is 0. The first-order valence-corrected chi connectivity index (χ1v) is 9.80. The number of nitrogens with one attached hydrogen (secondary N) is 1. The molecule has 21 heavy (non-hydrogen) atoms. The highest BCUT2D eigenvalue weighted by atomic mass is 32.2. The zero-order valence-electron chi connectivity index (χ0n) is 12.2. The second-order valence-corrected chi connectivity index (χ2v) is 8.95. The molecule has 0 bridgehead atoms. The summed E-state index contributed by atoms with van der Waals surface area (Å²) >= 11 is 2.72. The molecule has 116 valence electrons. The van der Waals surface area contributed by atoms with Crippen LogP contribution >= 0.6 is 22.7 Å². The Morgan fingerprint density at radius 3 is 2.76 bits per heavy atom. The zero-order valence-corrected chi connectivity index (χ0v) is 14.7. The summed E-state index contributed by atoms with van der Waals surface area (Å²) in [5.74, 6) is 0. The maximum atomic E-state index is 12.5. The van der Waals surface area contributed by atoms with Gasteiger partial charge in [-0.05, 0) is 17.0 Å². The molecular weight excluding hydrogens is 326 g/mol. The maximum Gasteiger partial charge on any atom is 0.252 e. The summed E-state index contributed by atoms with van der Waals surface area (Å²) in [6, 6.07) is 2.12. The van der Waals surface area contributed by atoms with Crippen LogP contribution in [0.25, 0.3) is 0 Å². The number of hydrogen-bond donors (Lipinski definition) is 1. The zero-order chi connectivity index (χ0) is 15.5. The lowest BCUT2D eigenvalue weighted by Crippen LogP contribution is -2.26. The Kier molecular flexibility index (Phi) is 5.50. The summed E-state index contributed by atoms with van der Waals surface area (Å²) in [5.41, 5.74) is 3.47. The van der Waals surface area contributed by atoms with E-state index in [2.05, 4.69) is 24.1 Å². The van der Waals surface area contributed by atoms with Gasteiger partial charge in [-0.3, -0.25) is 0 Å². The molecule has 0 aromatic carbocycles. The highest BCUT2D eigenvalue weighted by Gasteiger charge is 2.23. The minimum atomic E-state index is -3.44. The van der Waals surface area contributed by atoms with Gasteiger partial charge in [-0.2, -0.15) is 4.31 Å². The first-order valence-electron chi connectivity index (χ1n) is 6.54. The summed E-state index contributed by atoms with van der Waals surface area (Å²) in [4.78, 5) is 4.12. The van der Waals surface area contributed by atoms with Gasteiger partial charge in [0, 0.05) is 25.0 Å². The van der Waals surface area contributed by atoms with Crippen molar-refractivity contribution in [2.24, 2.45) is 0 Å². The molecule has 2 aromatic heterocycles. The van der Waals surface area contributed by atoms with Crippen LogP contribution in [0.1, 0.15) is 25.1 Å². The molecule has 0 saturated heterocycles. The lowest BCUT2D eigenvalue weighted by molar-refractivity contribution is 0.464. The summed E-state index contributed by atoms with van der Waals surface area (Å²) in [7, 11) is -1.86. The Morgan fingerprint density at radius 2 is 2.14 bits per heavy atom. The predicted octanol–water partition coefficient (Wildman–Crippen LogP) is 2.52. The van der Waals surface area contributed by atoms with Gasteiger partial charge in [0.1, 0.15) is 4.21 Å². The van der Waals surface area contributed by atoms with E-state index < -0.39 is 10.0 Å². The number of thiazole rings is 1. The Hall–Kier alpha value is -0.800. The third-order valence-electron chi connectivity index (χ3n) is 2.88. The second-order valence-electron chi connectivity index (χ2n) is 5.05. The van der Waals surface area contributed by atoms with Crippen molar-refractivity contribution in [2.45, 2.75) is 37.2 Å². The highest BCUT2D eigenvalue weighted by Crippen LogP contribution is 2.24. The number of nitrogens with zero attached hydrogens (tertiary/aromatic N) is 2. The Morgan fingerprint density at radius 1 is 1.38 bits per heavy atom. The van der Waals surface area contributed by atoms with Crippen molar-refractivity contribution in [1.29, 1.82) is 0 Å². The lowest BCUT2D eigenvalue weighted by Gasteiger charge is -2.14. The highest BCUT2D eigenvalue weighted by molar-refractivity contribution is 7.91. The normalized spacial score (nSPS) is 12.4. The van der Waals surface area contributed by atoms with Gasteiger partial charge in [0.05, 0.1) is 17.7 Å². The van der Waals surface area contributed by atoms with Gasteiger partial charge in [0.25, 0.3) is 10.0 Å². The number of rotatable bonds is 7. The monoisotopic (exact) mass is 345 g/mol. The van der Waals surface area contributed by atoms with Crippen molar-refractivity contribution in [3.05, 3.63) is 33.6 Å². The molecule has 0 saturated carbocycles. The summed E-state index contributed by atoms with van der Waals surface area (Å²) < 4.78 is 26.7. The van der Waals surface area contributed by atoms with E-state index in [-0.39, 0.29) is 0 Å². The van der Waals surface area contributed by atoms with E-state index in [0.717, 1.165) is 11.3 Å². The van der Waals surface area contributed by atoms with Crippen molar-refractivity contribution in [3.63, 3.8) is 0 Å². The molecule has 0 atom stereocenters. The van der Waals surface area contributed by atoms with Crippen LogP contribution in [0.5, 0.6) is 0 Å². The third-order valence-corrected chi connectivity index (χ3v) is 6.78. The average Bonchev–Trinajstić information content (AvgIpc) is 3.07. The van der Waals surface area contributed by atoms with Crippen LogP contribution in [0, 0.1) is 0 Å². The number of sulfonamides is 1. The predicted molar refractivity (Wildman–Crippen MR) is 87.1 cm³/mol. The molecule has 0 aliphatic rings. The lowest BCUT2D eigenvalue weighted by atomic mass is 10.3. The molecule has 0 amide bonds. The van der Waals surface area contributed by atoms with E-state index in [0.29, 0.717) is 23.3 Å². The summed E-state index contributed by atoms with van der Waals surface area (Å²) in [6.45, 7) is 5.10. The molecule has 0 fully saturated rings. The summed E-state index contributed by atoms with van der Waals surface area (Å²) in [5, 5.41) is 7.03. The topological polar surface area (TPSA) is 62.3 Å². The van der Waals surface area contributed by atoms with Gasteiger partial charge in [0.2, 0.25) is 0 Å². The number of hydrogen-bond acceptors (Lipinski definition) is 6. The van der Waals surface area contributed by atoms with Crippen LogP contribution in [0.3, 0.4) is 0 Å². The fourth-order valence-electron chi connectivity index (χ4n) is 1.69. The van der Waals surface area contributed by atoms with Crippen LogP contribution < -0.4 is 5.32 Å². The minimum absolute atomic E-state index is 0.295. The molecule has 8 heteroatoms. The molecular formula is C13H19N3O2S3. The maximum absolute atomic E-state index is 12.5. The smallest absolute Gasteiger partial charge is 0.252 e. The fraction of sp³-hybridized carbons (Fsp3) is 0.462. The molecule has 2 heterocycles. The van der Waals surface area contributed by atoms with Crippen molar-refractivity contribution in [2.75, 3.05) is 7.05 Å². The SMILES string of the molecule is CC(C)NCc1csc(S(=O)(=O)N(C)Cc2cscn2)c1. The van der Waals surface area contributed by atoms with E-state index >= 15 is 0 Å². The van der Waals surface area contributed by atoms with E-state index in [9.17, 15) is 8.42 Å². The van der Waals surface area contributed by atoms with Crippen LogP contribution in [-0.2, 0) is 23.1 Å². The molecule has 0 aliphatic heterocycles. The van der Waals surface area contributed by atoms with Gasteiger partial charge >= 0.3 is 0 Å². The quantitative estimate of drug-likeness (QED) is 0.837. The van der Waals surface area contributed by atoms with E-state index in [4.69, 9.17) is 0 Å². The molecule has 2 aromatic rings. The molecule has 0 radical (unpaired) electrons. The Bertz CT molecular complexity index is 663. The molecule has 0 aliphatic carbocycles. The van der Waals surface area contributed by atoms with Crippen molar-refractivity contribution < 1.29 is 8.42 Å². The largest absolute Gasteiger partial charge is 0.310 e. The van der Waals surface area contributed by atoms with E-state index in [1.165, 1.54) is 27.0 Å². The second kappa shape index (κ2) is 6.97. The molecule has 0 spiro atoms. The van der Waals surface area contributed by atoms with Crippen LogP contribution in [-0.4, -0.2) is 30.8 Å². The van der Waals surface area contributed by atoms with Gasteiger partial charge in [0.15, 0.2) is 0 Å². The first kappa shape index (κ1) is 16.6. The number of aromatic nitrogens is 1. The van der Waals surface area contributed by atoms with Gasteiger partial charge < -0.3 is 5.32 Å². The minimum Gasteiger partial charge on any atom is -0.310 e. The van der Waals surface area contributed by atoms with Crippen LogP contribution in [0.2, 0.25) is 0 Å². The molecule has 0 unspecified atom stereocenters. The van der Waals surface area contributed by atoms with E-state index in [1.54, 1.807) is 18.6 Å². The molecule has 2 rings (SSSR count). The third kappa shape index (κ3) is 4.33. The standard InChI is InChI=1S/C13H19N3O2S3/c1-10(2)14-5-11-4-13(20-7-11)21(17,18)16(3)6-12-8-19-9-15-12/h4,7-10,14H,5-6H2,1-3H3. The van der Waals surface area contributed by atoms with Crippen molar-refractivity contribution in [3.8, 4) is 0 Å². The van der Waals surface area contributed by atoms with Gasteiger partial charge in [-0.25, -0.2) is 13.4 Å². The average molecular weight is 346 g/mol.